The highest BCUT2D eigenvalue weighted by molar-refractivity contribution is 7.99. The number of phenolic OH excluding ortho intramolecular Hbond substituents is 1. The first-order chi connectivity index (χ1) is 70.7. The number of primary amides is 2. The molecule has 14 rings (SSSR count). The molecule has 0 saturated heterocycles. The lowest BCUT2D eigenvalue weighted by atomic mass is 9.81. The smallest absolute Gasteiger partial charge is 0.305 e. The van der Waals surface area contributed by atoms with E-state index in [-0.39, 0.29) is 70.4 Å². The number of aromatic nitrogens is 3. The van der Waals surface area contributed by atoms with Crippen LogP contribution in [0, 0.1) is 23.2 Å². The van der Waals surface area contributed by atoms with Crippen molar-refractivity contribution in [2.75, 3.05) is 17.3 Å². The van der Waals surface area contributed by atoms with Crippen LogP contribution in [0.2, 0.25) is 0 Å². The van der Waals surface area contributed by atoms with Crippen LogP contribution in [-0.4, -0.2) is 248 Å². The maximum atomic E-state index is 15.4. The zero-order chi connectivity index (χ0) is 109. The fourth-order valence-corrected chi connectivity index (χ4v) is 19.5. The molecule has 7 aromatic carbocycles. The SMILES string of the molecule is C[C@H](N)C(=O)C[C@H]1CSCc2ccc(cc2)-c2nc3nc(n2)-c2ccc(cc2)CSC[C@H](NC(=O)[C@@H](C)NC(=O)[C@H](Cc2cccc4ccccc24)CC(=O)[C@H](CCC(=O)O)NC(=O)[C@H](CC(N)=O)NC(=O)[C@@H](C)NC1=O)C(=O)N[C@@H](CCC(=O)O)C(=O)N[C@@H](CC(=O)O)C(=O)N[C@@H](Cc1ccccc1)C(=O)N[C@@H](Cc1ccc(O)cc1)C(=O)N[C@@H](CC(=O)O)C(=O)N[C@@H](C(C)(C)C)C(=O)C[C@H](C(N)=O)CSCc1ccc-3cc1. The molecule has 0 spiro atoms. The molecule has 149 heavy (non-hydrogen) atoms. The molecular weight excluding hydrogens is 1980 g/mol. The summed E-state index contributed by atoms with van der Waals surface area (Å²) in [6.45, 7) is 8.62. The number of carbonyl (C=O) groups is 20. The average molecular weight is 2110 g/mol. The molecule has 42 nitrogen and oxygen atoms in total. The second kappa shape index (κ2) is 54.9. The number of ketones is 3. The van der Waals surface area contributed by atoms with Gasteiger partial charge in [-0.2, -0.15) is 35.3 Å². The minimum Gasteiger partial charge on any atom is -0.508 e. The molecule has 6 aliphatic rings. The Morgan fingerprint density at radius 2 is 0.799 bits per heavy atom. The molecule has 0 radical (unpaired) electrons. The zero-order valence-electron chi connectivity index (χ0n) is 82.5. The molecule has 22 N–H and O–H groups in total. The molecule has 0 aliphatic carbocycles. The van der Waals surface area contributed by atoms with Gasteiger partial charge >= 0.3 is 23.9 Å². The van der Waals surface area contributed by atoms with Gasteiger partial charge in [0, 0.05) is 102 Å². The molecule has 0 fully saturated rings. The molecule has 10 bridgehead atoms. The van der Waals surface area contributed by atoms with Crippen molar-refractivity contribution >= 4 is 164 Å². The van der Waals surface area contributed by atoms with E-state index in [9.17, 15) is 87.9 Å². The molecule has 15 atom stereocenters. The first-order valence-electron chi connectivity index (χ1n) is 47.9. The monoisotopic (exact) mass is 2100 g/mol. The van der Waals surface area contributed by atoms with E-state index in [1.807, 2.05) is 0 Å². The van der Waals surface area contributed by atoms with E-state index in [1.165, 1.54) is 80.7 Å². The van der Waals surface area contributed by atoms with Crippen LogP contribution in [0.1, 0.15) is 139 Å². The van der Waals surface area contributed by atoms with E-state index < -0.39 is 290 Å². The number of rotatable bonds is 22. The second-order valence-corrected chi connectivity index (χ2v) is 40.7. The van der Waals surface area contributed by atoms with Gasteiger partial charge in [-0.05, 0) is 102 Å². The summed E-state index contributed by atoms with van der Waals surface area (Å²) in [4.78, 5) is 299. The molecule has 0 saturated carbocycles. The number of carboxylic acids is 4. The number of fused-ring (bicyclic) bond motifs is 3. The summed E-state index contributed by atoms with van der Waals surface area (Å²) in [6.07, 6.45) is -9.46. The van der Waals surface area contributed by atoms with Crippen LogP contribution in [0.25, 0.3) is 44.9 Å². The Hall–Kier alpha value is -15.4. The number of phenols is 1. The Kier molecular flexibility index (Phi) is 42.5. The quantitative estimate of drug-likeness (QED) is 0.0460. The number of carbonyl (C=O) groups excluding carboxylic acids is 16. The number of carboxylic acid groups (broad SMARTS) is 4. The third kappa shape index (κ3) is 35.7. The topological polar surface area (TPSA) is 692 Å². The van der Waals surface area contributed by atoms with Crippen LogP contribution in [0.3, 0.4) is 0 Å². The van der Waals surface area contributed by atoms with Crippen molar-refractivity contribution in [2.24, 2.45) is 40.4 Å². The highest BCUT2D eigenvalue weighted by atomic mass is 32.2. The van der Waals surface area contributed by atoms with Crippen molar-refractivity contribution < 1.29 is 121 Å². The van der Waals surface area contributed by atoms with Gasteiger partial charge in [-0.1, -0.05) is 178 Å². The molecule has 45 heteroatoms. The van der Waals surface area contributed by atoms with Crippen LogP contribution >= 0.6 is 35.3 Å². The van der Waals surface area contributed by atoms with E-state index in [0.717, 1.165) is 22.9 Å². The molecule has 13 amide bonds. The maximum absolute atomic E-state index is 15.4. The predicted molar refractivity (Wildman–Crippen MR) is 551 cm³/mol. The van der Waals surface area contributed by atoms with Gasteiger partial charge in [-0.3, -0.25) is 95.9 Å². The number of hydrogen-bond donors (Lipinski definition) is 19. The van der Waals surface area contributed by atoms with Crippen LogP contribution in [0.15, 0.2) is 170 Å². The van der Waals surface area contributed by atoms with E-state index in [2.05, 4.69) is 58.5 Å². The van der Waals surface area contributed by atoms with Crippen LogP contribution in [-0.2, 0) is 132 Å². The number of hydrogen-bond acceptors (Lipinski definition) is 28. The summed E-state index contributed by atoms with van der Waals surface area (Å²) < 4.78 is 0. The Morgan fingerprint density at radius 1 is 0.389 bits per heavy atom. The molecule has 6 aliphatic heterocycles. The van der Waals surface area contributed by atoms with E-state index in [1.54, 1.807) is 154 Å². The molecule has 8 aromatic rings. The standard InChI is InChI=1S/C104H121N17O25S3/c1-54(105)80(123)44-69-52-148-49-60-21-29-64(30-22-60)91-119-90-63-27-19-59(20-28-63)48-147-51-68(89(107)135)43-82(125)88(104(4,5)6)118-102(145)78(47-87(133)134)116-99(142)75(40-58-25-33-70(122)34-26-58)113-98(141)74(39-57-13-8-7-9-14-57)114-101(144)77(46-86(131)132)115-97(140)73(36-38-85(129)130)111-103(146)79(53-149-50-61-23-31-65(32-24-61)92(120-90)121-91)117-94(137)56(3)108-95(138)67(41-66-17-12-16-62-15-10-11-18-71(62)66)42-81(124)72(35-37-84(127)128)110-100(143)76(45-83(106)126)112-93(136)55(2)109-96(69)139/h7-34,54-56,67-69,72-79,88,122H,35-53,105H2,1-6H3,(H2,106,126)(H2,107,135)(H,108,138)(H,109,139)(H,110,143)(H,111,146)(H,112,136)(H,113,141)(H,114,144)(H,115,140)(H,116,142)(H,117,137)(H,118,145)(H,127,128)(H,129,130)(H,131,132)(H,133,134)/t54-,55+,56+,67+,68-,69-,72-,73-,74-,75-,76-,77-,78-,79-,88+/m0/s1. The number of nitrogens with one attached hydrogen (secondary N) is 11. The lowest BCUT2D eigenvalue weighted by molar-refractivity contribution is -0.142. The fraction of sp³-hybridized carbons (Fsp3) is 0.394. The van der Waals surface area contributed by atoms with Gasteiger partial charge in [-0.25, -0.2) is 15.0 Å². The first-order valence-corrected chi connectivity index (χ1v) is 51.4. The molecule has 0 unspecified atom stereocenters. The van der Waals surface area contributed by atoms with Crippen LogP contribution < -0.4 is 75.7 Å². The van der Waals surface area contributed by atoms with Crippen molar-refractivity contribution in [2.45, 2.75) is 215 Å². The Morgan fingerprint density at radius 3 is 1.28 bits per heavy atom. The summed E-state index contributed by atoms with van der Waals surface area (Å²) in [7, 11) is 0. The normalized spacial score (nSPS) is 22.6. The summed E-state index contributed by atoms with van der Waals surface area (Å²) in [5.74, 6) is -26.9. The molecule has 1 aromatic heterocycles. The third-order valence-corrected chi connectivity index (χ3v) is 28.0. The van der Waals surface area contributed by atoms with E-state index >= 15 is 33.6 Å². The van der Waals surface area contributed by atoms with Gasteiger partial charge in [0.2, 0.25) is 76.8 Å². The summed E-state index contributed by atoms with van der Waals surface area (Å²) >= 11 is 3.53. The predicted octanol–water partition coefficient (Wildman–Crippen LogP) is 3.72. The third-order valence-electron chi connectivity index (χ3n) is 24.6. The van der Waals surface area contributed by atoms with Crippen molar-refractivity contribution in [3.8, 4) is 39.9 Å². The highest BCUT2D eigenvalue weighted by Gasteiger charge is 2.42. The zero-order valence-corrected chi connectivity index (χ0v) is 84.9. The fourth-order valence-electron chi connectivity index (χ4n) is 16.2. The number of Topliss-reactive ketones (excluding diaryl/α,β-unsaturated/α-hetero) is 3. The first kappa shape index (κ1) is 116. The minimum atomic E-state index is -2.23. The number of nitrogens with two attached hydrogens (primary N) is 3. The number of aliphatic carboxylic acids is 4. The van der Waals surface area contributed by atoms with Crippen molar-refractivity contribution in [3.63, 3.8) is 0 Å². The van der Waals surface area contributed by atoms with Gasteiger partial charge in [0.05, 0.1) is 49.2 Å². The van der Waals surface area contributed by atoms with Gasteiger partial charge in [0.1, 0.15) is 65.9 Å². The highest BCUT2D eigenvalue weighted by Crippen LogP contribution is 2.32. The van der Waals surface area contributed by atoms with Crippen LogP contribution in [0.5, 0.6) is 5.75 Å². The molecule has 7 heterocycles. The summed E-state index contributed by atoms with van der Waals surface area (Å²) in [5, 5.41) is 79.9. The number of amides is 13. The Balaban J connectivity index is 1.08. The summed E-state index contributed by atoms with van der Waals surface area (Å²) in [6, 6.07) is 24.7. The van der Waals surface area contributed by atoms with Crippen molar-refractivity contribution in [3.05, 3.63) is 203 Å². The Labute approximate surface area is 869 Å². The van der Waals surface area contributed by atoms with Gasteiger partial charge in [0.15, 0.2) is 29.0 Å². The largest absolute Gasteiger partial charge is 0.508 e. The van der Waals surface area contributed by atoms with E-state index in [4.69, 9.17) is 32.2 Å². The molecule has 790 valence electrons. The average Bonchev–Trinajstić information content (AvgIpc) is 0.807. The maximum Gasteiger partial charge on any atom is 0.305 e. The number of nitrogens with zero attached hydrogens (tertiary/aromatic N) is 3. The van der Waals surface area contributed by atoms with E-state index in [0.29, 0.717) is 44.2 Å². The molecular formula is C104H121N17O25S3. The number of benzene rings is 7. The number of aromatic hydroxyl groups is 1. The minimum absolute atomic E-state index is 0.00948. The lowest BCUT2D eigenvalue weighted by Crippen LogP contribution is -2.61. The van der Waals surface area contributed by atoms with Crippen molar-refractivity contribution in [1.29, 1.82) is 0 Å². The second-order valence-electron chi connectivity index (χ2n) is 37.6. The summed E-state index contributed by atoms with van der Waals surface area (Å²) in [5.41, 5.74) is 21.0. The van der Waals surface area contributed by atoms with Gasteiger partial charge < -0.3 is 101 Å². The van der Waals surface area contributed by atoms with Crippen LogP contribution in [0.4, 0.5) is 0 Å². The number of thioether (sulfide) groups is 3. The van der Waals surface area contributed by atoms with Crippen molar-refractivity contribution in [1.82, 2.24) is 73.4 Å². The Bertz CT molecular complexity index is 6250. The lowest BCUT2D eigenvalue weighted by Gasteiger charge is -2.32. The van der Waals surface area contributed by atoms with Gasteiger partial charge in [0.25, 0.3) is 0 Å². The van der Waals surface area contributed by atoms with Gasteiger partial charge in [-0.15, -0.1) is 0 Å².